The minimum atomic E-state index is -1.09. The molecule has 116 valence electrons. The van der Waals surface area contributed by atoms with E-state index in [-0.39, 0.29) is 23.1 Å². The van der Waals surface area contributed by atoms with Gasteiger partial charge in [0.25, 0.3) is 0 Å². The second kappa shape index (κ2) is 7.24. The molecule has 2 aromatic rings. The lowest BCUT2D eigenvalue weighted by molar-refractivity contribution is -0.139. The van der Waals surface area contributed by atoms with Crippen molar-refractivity contribution in [3.8, 4) is 5.75 Å². The predicted molar refractivity (Wildman–Crippen MR) is 83.8 cm³/mol. The first-order chi connectivity index (χ1) is 10.4. The highest BCUT2D eigenvalue weighted by Gasteiger charge is 2.09. The molecule has 1 aromatic carbocycles. The smallest absolute Gasteiger partial charge is 0.341 e. The van der Waals surface area contributed by atoms with Gasteiger partial charge >= 0.3 is 5.97 Å². The highest BCUT2D eigenvalue weighted by atomic mass is 35.5. The van der Waals surface area contributed by atoms with Crippen LogP contribution in [0.1, 0.15) is 10.7 Å². The number of thiazole rings is 1. The maximum absolute atomic E-state index is 11.9. The number of hydrogen-bond donors (Lipinski definition) is 2. The van der Waals surface area contributed by atoms with E-state index in [4.69, 9.17) is 21.4 Å². The minimum absolute atomic E-state index is 0.180. The number of carbonyl (C=O) groups excluding carboxylic acids is 1. The molecule has 1 aromatic heterocycles. The van der Waals surface area contributed by atoms with Crippen LogP contribution in [0.25, 0.3) is 0 Å². The first-order valence-corrected chi connectivity index (χ1v) is 7.55. The Morgan fingerprint density at radius 3 is 2.82 bits per heavy atom. The summed E-state index contributed by atoms with van der Waals surface area (Å²) in [5, 5.41) is 14.2. The lowest BCUT2D eigenvalue weighted by atomic mass is 10.2. The van der Waals surface area contributed by atoms with Crippen molar-refractivity contribution in [2.45, 2.75) is 13.3 Å². The Bertz CT molecular complexity index is 702. The predicted octanol–water partition coefficient (Wildman–Crippen LogP) is 2.75. The van der Waals surface area contributed by atoms with Gasteiger partial charge in [0.15, 0.2) is 6.61 Å². The number of rotatable bonds is 6. The second-order valence-electron chi connectivity index (χ2n) is 4.41. The highest BCUT2D eigenvalue weighted by Crippen LogP contribution is 2.27. The average Bonchev–Trinajstić information content (AvgIpc) is 2.82. The monoisotopic (exact) mass is 340 g/mol. The van der Waals surface area contributed by atoms with Crippen molar-refractivity contribution in [3.05, 3.63) is 39.3 Å². The number of nitrogens with zero attached hydrogens (tertiary/aromatic N) is 1. The van der Waals surface area contributed by atoms with Crippen LogP contribution in [0.4, 0.5) is 5.69 Å². The van der Waals surface area contributed by atoms with Crippen LogP contribution in [-0.4, -0.2) is 28.6 Å². The summed E-state index contributed by atoms with van der Waals surface area (Å²) in [4.78, 5) is 26.6. The Morgan fingerprint density at radius 1 is 1.45 bits per heavy atom. The summed E-state index contributed by atoms with van der Waals surface area (Å²) in [5.74, 6) is -1.05. The van der Waals surface area contributed by atoms with Crippen molar-refractivity contribution in [3.63, 3.8) is 0 Å². The van der Waals surface area contributed by atoms with Crippen molar-refractivity contribution < 1.29 is 19.4 Å². The van der Waals surface area contributed by atoms with Gasteiger partial charge < -0.3 is 15.2 Å². The van der Waals surface area contributed by atoms with E-state index in [2.05, 4.69) is 10.3 Å². The number of anilines is 1. The van der Waals surface area contributed by atoms with Crippen LogP contribution < -0.4 is 10.1 Å². The van der Waals surface area contributed by atoms with Crippen molar-refractivity contribution in [1.29, 1.82) is 0 Å². The molecule has 0 aliphatic carbocycles. The normalized spacial score (nSPS) is 10.3. The van der Waals surface area contributed by atoms with Gasteiger partial charge in [0.05, 0.1) is 22.1 Å². The van der Waals surface area contributed by atoms with Gasteiger partial charge in [-0.1, -0.05) is 11.6 Å². The fourth-order valence-corrected chi connectivity index (χ4v) is 2.54. The number of halogens is 1. The molecule has 0 aliphatic heterocycles. The largest absolute Gasteiger partial charge is 0.480 e. The van der Waals surface area contributed by atoms with Gasteiger partial charge in [-0.05, 0) is 25.1 Å². The summed E-state index contributed by atoms with van der Waals surface area (Å²) in [6.45, 7) is 1.40. The van der Waals surface area contributed by atoms with Gasteiger partial charge in [-0.15, -0.1) is 11.3 Å². The summed E-state index contributed by atoms with van der Waals surface area (Å²) in [6.07, 6.45) is 0.180. The summed E-state index contributed by atoms with van der Waals surface area (Å²) in [6, 6.07) is 4.60. The van der Waals surface area contributed by atoms with Gasteiger partial charge in [0, 0.05) is 11.1 Å². The number of aromatic nitrogens is 1. The topological polar surface area (TPSA) is 88.5 Å². The van der Waals surface area contributed by atoms with Crippen LogP contribution in [0.3, 0.4) is 0 Å². The zero-order chi connectivity index (χ0) is 16.1. The van der Waals surface area contributed by atoms with Crippen molar-refractivity contribution in [2.24, 2.45) is 0 Å². The second-order valence-corrected chi connectivity index (χ2v) is 5.88. The van der Waals surface area contributed by atoms with E-state index < -0.39 is 12.6 Å². The zero-order valence-corrected chi connectivity index (χ0v) is 13.2. The third kappa shape index (κ3) is 4.71. The van der Waals surface area contributed by atoms with E-state index >= 15 is 0 Å². The Balaban J connectivity index is 1.96. The summed E-state index contributed by atoms with van der Waals surface area (Å²) in [7, 11) is 0. The van der Waals surface area contributed by atoms with E-state index in [0.717, 1.165) is 5.01 Å². The molecule has 0 aliphatic rings. The van der Waals surface area contributed by atoms with E-state index in [1.54, 1.807) is 6.07 Å². The summed E-state index contributed by atoms with van der Waals surface area (Å²) < 4.78 is 5.00. The Morgan fingerprint density at radius 2 is 2.23 bits per heavy atom. The first kappa shape index (κ1) is 16.3. The number of nitrogens with one attached hydrogen (secondary N) is 1. The molecule has 1 heterocycles. The van der Waals surface area contributed by atoms with E-state index in [9.17, 15) is 9.59 Å². The number of ether oxygens (including phenoxy) is 1. The molecule has 6 nitrogen and oxygen atoms in total. The van der Waals surface area contributed by atoms with Gasteiger partial charge in [-0.25, -0.2) is 9.78 Å². The molecule has 0 atom stereocenters. The fourth-order valence-electron chi connectivity index (χ4n) is 1.69. The van der Waals surface area contributed by atoms with Gasteiger partial charge in [-0.2, -0.15) is 0 Å². The number of aliphatic carboxylic acids is 1. The average molecular weight is 341 g/mol. The fraction of sp³-hybridized carbons (Fsp3) is 0.214. The van der Waals surface area contributed by atoms with Crippen LogP contribution in [0.15, 0.2) is 23.6 Å². The molecule has 2 N–H and O–H groups in total. The number of hydrogen-bond acceptors (Lipinski definition) is 5. The lowest BCUT2D eigenvalue weighted by Crippen LogP contribution is -2.14. The number of amides is 1. The molecule has 22 heavy (non-hydrogen) atoms. The molecule has 0 fully saturated rings. The molecule has 0 unspecified atom stereocenters. The standard InChI is InChI=1S/C14H13ClN2O4S/c1-8-16-10(7-22-8)5-13(18)17-9-2-3-12(11(15)4-9)21-6-14(19)20/h2-4,7H,5-6H2,1H3,(H,17,18)(H,19,20). The molecule has 8 heteroatoms. The number of carboxylic acid groups (broad SMARTS) is 1. The van der Waals surface area contributed by atoms with Crippen molar-refractivity contribution >= 4 is 40.5 Å². The quantitative estimate of drug-likeness (QED) is 0.844. The molecule has 0 saturated heterocycles. The molecular formula is C14H13ClN2O4S. The van der Waals surface area contributed by atoms with Gasteiger partial charge in [-0.3, -0.25) is 4.79 Å². The zero-order valence-electron chi connectivity index (χ0n) is 11.6. The summed E-state index contributed by atoms with van der Waals surface area (Å²) in [5.41, 5.74) is 1.22. The molecule has 2 rings (SSSR count). The lowest BCUT2D eigenvalue weighted by Gasteiger charge is -2.08. The van der Waals surface area contributed by atoms with E-state index in [1.807, 2.05) is 12.3 Å². The molecule has 0 bridgehead atoms. The van der Waals surface area contributed by atoms with Crippen LogP contribution in [0.2, 0.25) is 5.02 Å². The molecule has 0 spiro atoms. The SMILES string of the molecule is Cc1nc(CC(=O)Nc2ccc(OCC(=O)O)c(Cl)c2)cs1. The van der Waals surface area contributed by atoms with Crippen LogP contribution in [-0.2, 0) is 16.0 Å². The Kier molecular flexibility index (Phi) is 5.35. The first-order valence-electron chi connectivity index (χ1n) is 6.29. The third-order valence-corrected chi connectivity index (χ3v) is 3.69. The minimum Gasteiger partial charge on any atom is -0.480 e. The Hall–Kier alpha value is -2.12. The maximum Gasteiger partial charge on any atom is 0.341 e. The number of carboxylic acids is 1. The van der Waals surface area contributed by atoms with E-state index in [0.29, 0.717) is 11.4 Å². The number of carbonyl (C=O) groups is 2. The molecular weight excluding hydrogens is 328 g/mol. The highest BCUT2D eigenvalue weighted by molar-refractivity contribution is 7.09. The van der Waals surface area contributed by atoms with Crippen LogP contribution in [0, 0.1) is 6.92 Å². The molecule has 1 amide bonds. The maximum atomic E-state index is 11.9. The van der Waals surface area contributed by atoms with Crippen molar-refractivity contribution in [2.75, 3.05) is 11.9 Å². The van der Waals surface area contributed by atoms with Crippen LogP contribution >= 0.6 is 22.9 Å². The van der Waals surface area contributed by atoms with Gasteiger partial charge in [0.1, 0.15) is 5.75 Å². The van der Waals surface area contributed by atoms with Crippen LogP contribution in [0.5, 0.6) is 5.75 Å². The number of aryl methyl sites for hydroxylation is 1. The molecule has 0 radical (unpaired) electrons. The van der Waals surface area contributed by atoms with Gasteiger partial charge in [0.2, 0.25) is 5.91 Å². The third-order valence-electron chi connectivity index (χ3n) is 2.58. The van der Waals surface area contributed by atoms with Crippen molar-refractivity contribution in [1.82, 2.24) is 4.98 Å². The summed E-state index contributed by atoms with van der Waals surface area (Å²) >= 11 is 7.47. The van der Waals surface area contributed by atoms with E-state index in [1.165, 1.54) is 23.5 Å². The Labute approximate surface area is 135 Å². The molecule has 0 saturated carbocycles. The number of benzene rings is 1.